The van der Waals surface area contributed by atoms with E-state index in [0.29, 0.717) is 19.3 Å². The molecule has 3 aliphatic heterocycles. The smallest absolute Gasteiger partial charge is 0.312 e. The lowest BCUT2D eigenvalue weighted by Gasteiger charge is -2.39. The number of fused-ring (bicyclic) bond motifs is 1. The summed E-state index contributed by atoms with van der Waals surface area (Å²) >= 11 is 0. The second kappa shape index (κ2) is 10.2. The summed E-state index contributed by atoms with van der Waals surface area (Å²) in [4.78, 5) is 44.5. The number of aliphatic hydroxyl groups excluding tert-OH is 1. The fourth-order valence-corrected chi connectivity index (χ4v) is 6.34. The number of benzene rings is 1. The van der Waals surface area contributed by atoms with Gasteiger partial charge in [-0.2, -0.15) is 0 Å². The number of nitrogens with zero attached hydrogens (tertiary/aromatic N) is 2. The minimum absolute atomic E-state index is 0.179. The first-order chi connectivity index (χ1) is 17.2. The second-order valence-electron chi connectivity index (χ2n) is 10.1. The van der Waals surface area contributed by atoms with Crippen molar-refractivity contribution < 1.29 is 29.0 Å². The number of likely N-dealkylation sites (tertiary alicyclic amines) is 1. The van der Waals surface area contributed by atoms with Gasteiger partial charge in [0.1, 0.15) is 11.6 Å². The number of para-hydroxylation sites is 1. The van der Waals surface area contributed by atoms with Crippen LogP contribution >= 0.6 is 0 Å². The molecule has 6 atom stereocenters. The number of ether oxygens (including phenoxy) is 2. The van der Waals surface area contributed by atoms with Crippen LogP contribution < -0.4 is 4.90 Å². The van der Waals surface area contributed by atoms with E-state index in [-0.39, 0.29) is 31.6 Å². The minimum Gasteiger partial charge on any atom is -0.465 e. The molecule has 8 nitrogen and oxygen atoms in total. The van der Waals surface area contributed by atoms with Gasteiger partial charge in [0, 0.05) is 12.2 Å². The Morgan fingerprint density at radius 3 is 2.61 bits per heavy atom. The van der Waals surface area contributed by atoms with Crippen molar-refractivity contribution in [2.24, 2.45) is 11.8 Å². The predicted molar refractivity (Wildman–Crippen MR) is 135 cm³/mol. The molecule has 1 aromatic carbocycles. The Labute approximate surface area is 212 Å². The molecule has 36 heavy (non-hydrogen) atoms. The van der Waals surface area contributed by atoms with Crippen LogP contribution in [0, 0.1) is 25.7 Å². The lowest BCUT2D eigenvalue weighted by molar-refractivity contribution is -0.155. The van der Waals surface area contributed by atoms with Crippen LogP contribution in [-0.2, 0) is 23.9 Å². The predicted octanol–water partition coefficient (Wildman–Crippen LogP) is 2.70. The SMILES string of the molecule is C=CCCOC(=O)[C@@H]1[C@H]2C(=O)N([C@H](C)CO)C(C(=O)N(CC=C)c3c(C)cccc3C)C23CC[C@H]1O3. The van der Waals surface area contributed by atoms with E-state index in [1.807, 2.05) is 32.0 Å². The van der Waals surface area contributed by atoms with Crippen molar-refractivity contribution in [2.75, 3.05) is 24.7 Å². The van der Waals surface area contributed by atoms with Crippen LogP contribution in [0.5, 0.6) is 0 Å². The lowest BCUT2D eigenvalue weighted by Crippen LogP contribution is -2.58. The molecular formula is C28H36N2O6. The van der Waals surface area contributed by atoms with Crippen LogP contribution in [0.4, 0.5) is 5.69 Å². The Balaban J connectivity index is 1.78. The fourth-order valence-electron chi connectivity index (χ4n) is 6.34. The van der Waals surface area contributed by atoms with Crippen LogP contribution in [0.2, 0.25) is 0 Å². The van der Waals surface area contributed by atoms with E-state index in [9.17, 15) is 19.5 Å². The van der Waals surface area contributed by atoms with E-state index in [0.717, 1.165) is 16.8 Å². The van der Waals surface area contributed by atoms with Gasteiger partial charge in [-0.15, -0.1) is 13.2 Å². The fraction of sp³-hybridized carbons (Fsp3) is 0.536. The summed E-state index contributed by atoms with van der Waals surface area (Å²) in [5, 5.41) is 10.0. The van der Waals surface area contributed by atoms with Gasteiger partial charge in [0.15, 0.2) is 0 Å². The molecule has 0 aromatic heterocycles. The zero-order valence-corrected chi connectivity index (χ0v) is 21.3. The monoisotopic (exact) mass is 496 g/mol. The number of carbonyl (C=O) groups excluding carboxylic acids is 3. The summed E-state index contributed by atoms with van der Waals surface area (Å²) in [7, 11) is 0. The molecule has 1 aromatic rings. The molecule has 0 saturated carbocycles. The van der Waals surface area contributed by atoms with E-state index >= 15 is 0 Å². The summed E-state index contributed by atoms with van der Waals surface area (Å²) in [6.45, 7) is 13.2. The molecule has 1 spiro atoms. The minimum atomic E-state index is -1.15. The van der Waals surface area contributed by atoms with Gasteiger partial charge in [0.05, 0.1) is 37.2 Å². The molecule has 8 heteroatoms. The summed E-state index contributed by atoms with van der Waals surface area (Å²) in [5.74, 6) is -2.74. The number of rotatable bonds is 10. The molecule has 0 radical (unpaired) electrons. The van der Waals surface area contributed by atoms with Gasteiger partial charge in [-0.3, -0.25) is 14.4 Å². The summed E-state index contributed by atoms with van der Waals surface area (Å²) in [5.41, 5.74) is 1.45. The van der Waals surface area contributed by atoms with Crippen molar-refractivity contribution in [1.29, 1.82) is 0 Å². The Hall–Kier alpha value is -2.97. The molecule has 2 amide bonds. The maximum Gasteiger partial charge on any atom is 0.312 e. The number of carbonyl (C=O) groups is 3. The van der Waals surface area contributed by atoms with Crippen molar-refractivity contribution in [2.45, 2.75) is 63.8 Å². The highest BCUT2D eigenvalue weighted by Crippen LogP contribution is 2.59. The Bertz CT molecular complexity index is 1050. The normalized spacial score (nSPS) is 29.1. The van der Waals surface area contributed by atoms with Gasteiger partial charge in [0.2, 0.25) is 5.91 Å². The van der Waals surface area contributed by atoms with Crippen molar-refractivity contribution in [3.63, 3.8) is 0 Å². The van der Waals surface area contributed by atoms with Crippen LogP contribution in [0.25, 0.3) is 0 Å². The third kappa shape index (κ3) is 3.96. The second-order valence-corrected chi connectivity index (χ2v) is 10.1. The van der Waals surface area contributed by atoms with Gasteiger partial charge in [-0.25, -0.2) is 0 Å². The number of hydrogen-bond acceptors (Lipinski definition) is 6. The summed E-state index contributed by atoms with van der Waals surface area (Å²) < 4.78 is 11.9. The molecule has 0 aliphatic carbocycles. The molecule has 3 heterocycles. The molecule has 1 N–H and O–H groups in total. The number of aliphatic hydroxyl groups is 1. The largest absolute Gasteiger partial charge is 0.465 e. The van der Waals surface area contributed by atoms with Crippen molar-refractivity contribution in [3.8, 4) is 0 Å². The third-order valence-electron chi connectivity index (χ3n) is 7.84. The highest BCUT2D eigenvalue weighted by molar-refractivity contribution is 6.05. The van der Waals surface area contributed by atoms with Crippen LogP contribution in [-0.4, -0.2) is 71.3 Å². The van der Waals surface area contributed by atoms with Gasteiger partial charge in [-0.1, -0.05) is 30.4 Å². The number of amides is 2. The summed E-state index contributed by atoms with van der Waals surface area (Å²) in [6, 6.07) is 4.20. The average Bonchev–Trinajstić information content (AvgIpc) is 3.50. The van der Waals surface area contributed by atoms with E-state index in [2.05, 4.69) is 13.2 Å². The van der Waals surface area contributed by atoms with E-state index in [1.54, 1.807) is 24.0 Å². The molecule has 2 bridgehead atoms. The average molecular weight is 497 g/mol. The quantitative estimate of drug-likeness (QED) is 0.304. The van der Waals surface area contributed by atoms with Gasteiger partial charge in [-0.05, 0) is 51.2 Å². The third-order valence-corrected chi connectivity index (χ3v) is 7.84. The molecule has 3 saturated heterocycles. The highest BCUT2D eigenvalue weighted by Gasteiger charge is 2.75. The molecule has 4 rings (SSSR count). The maximum absolute atomic E-state index is 14.4. The number of hydrogen-bond donors (Lipinski definition) is 1. The Kier molecular flexibility index (Phi) is 7.38. The number of esters is 1. The first-order valence-corrected chi connectivity index (χ1v) is 12.6. The molecular weight excluding hydrogens is 460 g/mol. The molecule has 3 fully saturated rings. The number of anilines is 1. The first kappa shape index (κ1) is 26.1. The van der Waals surface area contributed by atoms with Crippen LogP contribution in [0.3, 0.4) is 0 Å². The highest BCUT2D eigenvalue weighted by atomic mass is 16.6. The van der Waals surface area contributed by atoms with E-state index in [1.165, 1.54) is 4.90 Å². The first-order valence-electron chi connectivity index (χ1n) is 12.6. The standard InChI is InChI=1S/C28H36N2O6/c1-6-8-15-35-27(34)21-20-12-13-28(36-20)22(21)25(32)30(19(5)16-31)24(28)26(33)29(14-7-2)23-17(3)10-9-11-18(23)4/h6-7,9-11,19-22,24,31H,1-2,8,12-16H2,3-5H3/t19-,20-,21+,22+,24?,28?/m1/s1. The van der Waals surface area contributed by atoms with Crippen LogP contribution in [0.15, 0.2) is 43.5 Å². The van der Waals surface area contributed by atoms with Gasteiger partial charge < -0.3 is 24.4 Å². The van der Waals surface area contributed by atoms with E-state index in [4.69, 9.17) is 9.47 Å². The zero-order chi connectivity index (χ0) is 26.2. The topological polar surface area (TPSA) is 96.4 Å². The van der Waals surface area contributed by atoms with Crippen molar-refractivity contribution >= 4 is 23.5 Å². The lowest BCUT2D eigenvalue weighted by atomic mass is 9.70. The molecule has 3 aliphatic rings. The van der Waals surface area contributed by atoms with Crippen molar-refractivity contribution in [1.82, 2.24) is 4.90 Å². The Morgan fingerprint density at radius 2 is 2.00 bits per heavy atom. The Morgan fingerprint density at radius 1 is 1.31 bits per heavy atom. The van der Waals surface area contributed by atoms with Crippen LogP contribution in [0.1, 0.15) is 37.3 Å². The van der Waals surface area contributed by atoms with Gasteiger partial charge >= 0.3 is 5.97 Å². The van der Waals surface area contributed by atoms with Gasteiger partial charge in [0.25, 0.3) is 5.91 Å². The molecule has 2 unspecified atom stereocenters. The maximum atomic E-state index is 14.4. The molecule has 194 valence electrons. The van der Waals surface area contributed by atoms with Crippen molar-refractivity contribution in [3.05, 3.63) is 54.6 Å². The van der Waals surface area contributed by atoms with E-state index < -0.39 is 41.6 Å². The zero-order valence-electron chi connectivity index (χ0n) is 21.3. The number of aryl methyl sites for hydroxylation is 2. The summed E-state index contributed by atoms with van der Waals surface area (Å²) in [6.07, 6.45) is 4.38.